The summed E-state index contributed by atoms with van der Waals surface area (Å²) in [6, 6.07) is 16.9. The third-order valence-electron chi connectivity index (χ3n) is 5.19. The normalized spacial score (nSPS) is 19.8. The van der Waals surface area contributed by atoms with Crippen molar-refractivity contribution in [2.24, 2.45) is 5.92 Å². The van der Waals surface area contributed by atoms with Gasteiger partial charge in [-0.2, -0.15) is 0 Å². The number of hydrogen-bond donors (Lipinski definition) is 2. The minimum absolute atomic E-state index is 0.201. The number of aliphatic carboxylic acids is 2. The Morgan fingerprint density at radius 1 is 0.966 bits per heavy atom. The second-order valence-corrected chi connectivity index (χ2v) is 7.24. The summed E-state index contributed by atoms with van der Waals surface area (Å²) in [7, 11) is 1.55. The molecule has 29 heavy (non-hydrogen) atoms. The Labute approximate surface area is 168 Å². The second-order valence-electron chi connectivity index (χ2n) is 7.24. The minimum atomic E-state index is -1.18. The highest BCUT2D eigenvalue weighted by molar-refractivity contribution is 5.92. The van der Waals surface area contributed by atoms with Crippen LogP contribution in [0.1, 0.15) is 24.9 Å². The van der Waals surface area contributed by atoms with E-state index in [4.69, 9.17) is 9.84 Å². The predicted molar refractivity (Wildman–Crippen MR) is 105 cm³/mol. The summed E-state index contributed by atoms with van der Waals surface area (Å²) in [5, 5.41) is 18.3. The standard InChI is InChI=1S/C22H23NO6/c1-13(21(25)26)12-17(23(2)20(24)18-19(29-18)22(27)28)16-10-8-15(9-11-16)14-6-4-3-5-7-14/h3-11,13,17-19H,12H2,1-2H3,(H,25,26)(H,27,28)/t13-,17+,18-,19+/m1/s1. The van der Waals surface area contributed by atoms with Crippen LogP contribution in [-0.4, -0.2) is 52.2 Å². The Bertz CT molecular complexity index is 895. The molecule has 7 nitrogen and oxygen atoms in total. The first-order chi connectivity index (χ1) is 13.8. The van der Waals surface area contributed by atoms with Crippen LogP contribution >= 0.6 is 0 Å². The molecule has 0 unspecified atom stereocenters. The molecule has 0 aliphatic carbocycles. The monoisotopic (exact) mass is 397 g/mol. The first-order valence-corrected chi connectivity index (χ1v) is 9.32. The van der Waals surface area contributed by atoms with Crippen LogP contribution in [-0.2, 0) is 19.1 Å². The van der Waals surface area contributed by atoms with Gasteiger partial charge in [-0.05, 0) is 23.1 Å². The number of carboxylic acids is 2. The zero-order valence-electron chi connectivity index (χ0n) is 16.2. The van der Waals surface area contributed by atoms with Gasteiger partial charge in [0.1, 0.15) is 0 Å². The van der Waals surface area contributed by atoms with Crippen LogP contribution < -0.4 is 0 Å². The molecule has 1 heterocycles. The third kappa shape index (κ3) is 4.63. The van der Waals surface area contributed by atoms with E-state index in [0.717, 1.165) is 16.7 Å². The van der Waals surface area contributed by atoms with Crippen molar-refractivity contribution in [2.45, 2.75) is 31.6 Å². The number of carboxylic acid groups (broad SMARTS) is 2. The van der Waals surface area contributed by atoms with E-state index in [-0.39, 0.29) is 6.42 Å². The summed E-state index contributed by atoms with van der Waals surface area (Å²) in [4.78, 5) is 36.4. The number of rotatable bonds is 8. The maximum atomic E-state index is 12.7. The fourth-order valence-corrected chi connectivity index (χ4v) is 3.32. The van der Waals surface area contributed by atoms with E-state index in [2.05, 4.69) is 0 Å². The van der Waals surface area contributed by atoms with Crippen molar-refractivity contribution in [3.05, 3.63) is 60.2 Å². The summed E-state index contributed by atoms with van der Waals surface area (Å²) >= 11 is 0. The molecule has 3 rings (SSSR count). The molecular weight excluding hydrogens is 374 g/mol. The molecule has 0 bridgehead atoms. The van der Waals surface area contributed by atoms with Gasteiger partial charge in [0, 0.05) is 7.05 Å². The van der Waals surface area contributed by atoms with Crippen molar-refractivity contribution in [2.75, 3.05) is 7.05 Å². The topological polar surface area (TPSA) is 107 Å². The molecule has 0 saturated carbocycles. The van der Waals surface area contributed by atoms with Crippen LogP contribution in [0.3, 0.4) is 0 Å². The molecule has 152 valence electrons. The molecule has 2 aromatic rings. The lowest BCUT2D eigenvalue weighted by Crippen LogP contribution is -2.37. The summed E-state index contributed by atoms with van der Waals surface area (Å²) in [6.07, 6.45) is -1.96. The molecule has 4 atom stereocenters. The van der Waals surface area contributed by atoms with Gasteiger partial charge in [0.15, 0.2) is 12.2 Å². The molecule has 1 saturated heterocycles. The molecule has 0 aromatic heterocycles. The lowest BCUT2D eigenvalue weighted by molar-refractivity contribution is -0.143. The van der Waals surface area contributed by atoms with Gasteiger partial charge < -0.3 is 19.8 Å². The van der Waals surface area contributed by atoms with Crippen LogP contribution in [0.25, 0.3) is 11.1 Å². The number of nitrogens with zero attached hydrogens (tertiary/aromatic N) is 1. The predicted octanol–water partition coefficient (Wildman–Crippen LogP) is 2.82. The van der Waals surface area contributed by atoms with Gasteiger partial charge in [0.25, 0.3) is 5.91 Å². The van der Waals surface area contributed by atoms with E-state index in [1.54, 1.807) is 14.0 Å². The van der Waals surface area contributed by atoms with Crippen molar-refractivity contribution >= 4 is 17.8 Å². The number of likely N-dealkylation sites (N-methyl/N-ethyl adjacent to an activating group) is 1. The zero-order valence-corrected chi connectivity index (χ0v) is 16.2. The number of ether oxygens (including phenoxy) is 1. The number of epoxide rings is 1. The van der Waals surface area contributed by atoms with Crippen LogP contribution in [0.4, 0.5) is 0 Å². The third-order valence-corrected chi connectivity index (χ3v) is 5.19. The smallest absolute Gasteiger partial charge is 0.336 e. The largest absolute Gasteiger partial charge is 0.481 e. The lowest BCUT2D eigenvalue weighted by Gasteiger charge is -2.30. The second kappa shape index (κ2) is 8.45. The van der Waals surface area contributed by atoms with Crippen molar-refractivity contribution in [1.29, 1.82) is 0 Å². The fourth-order valence-electron chi connectivity index (χ4n) is 3.32. The van der Waals surface area contributed by atoms with Gasteiger partial charge in [-0.1, -0.05) is 61.5 Å². The molecule has 1 aliphatic rings. The Kier molecular flexibility index (Phi) is 5.98. The number of benzene rings is 2. The van der Waals surface area contributed by atoms with Crippen LogP contribution in [0.15, 0.2) is 54.6 Å². The molecule has 2 N–H and O–H groups in total. The van der Waals surface area contributed by atoms with E-state index in [1.807, 2.05) is 54.6 Å². The number of carbonyl (C=O) groups is 3. The van der Waals surface area contributed by atoms with Crippen LogP contribution in [0.2, 0.25) is 0 Å². The summed E-state index contributed by atoms with van der Waals surface area (Å²) < 4.78 is 4.97. The Morgan fingerprint density at radius 2 is 1.55 bits per heavy atom. The van der Waals surface area contributed by atoms with E-state index in [9.17, 15) is 19.5 Å². The van der Waals surface area contributed by atoms with Gasteiger partial charge >= 0.3 is 11.9 Å². The van der Waals surface area contributed by atoms with E-state index < -0.39 is 42.0 Å². The number of carbonyl (C=O) groups excluding carboxylic acids is 1. The molecule has 7 heteroatoms. The quantitative estimate of drug-likeness (QED) is 0.663. The first-order valence-electron chi connectivity index (χ1n) is 9.32. The molecule has 0 spiro atoms. The van der Waals surface area contributed by atoms with E-state index in [0.29, 0.717) is 0 Å². The minimum Gasteiger partial charge on any atom is -0.481 e. The zero-order chi connectivity index (χ0) is 21.1. The maximum Gasteiger partial charge on any atom is 0.336 e. The van der Waals surface area contributed by atoms with E-state index in [1.165, 1.54) is 4.90 Å². The highest BCUT2D eigenvalue weighted by Gasteiger charge is 2.52. The molecule has 1 fully saturated rings. The average Bonchev–Trinajstić information content (AvgIpc) is 3.53. The van der Waals surface area contributed by atoms with Gasteiger partial charge in [-0.3, -0.25) is 9.59 Å². The van der Waals surface area contributed by atoms with Crippen LogP contribution in [0.5, 0.6) is 0 Å². The van der Waals surface area contributed by atoms with Crippen LogP contribution in [0, 0.1) is 5.92 Å². The summed E-state index contributed by atoms with van der Waals surface area (Å²) in [5.41, 5.74) is 2.83. The van der Waals surface area contributed by atoms with Gasteiger partial charge in [0.05, 0.1) is 12.0 Å². The first kappa shape index (κ1) is 20.5. The molecule has 1 amide bonds. The maximum absolute atomic E-state index is 12.7. The molecular formula is C22H23NO6. The lowest BCUT2D eigenvalue weighted by atomic mass is 9.93. The van der Waals surface area contributed by atoms with E-state index >= 15 is 0 Å². The van der Waals surface area contributed by atoms with Crippen molar-refractivity contribution < 1.29 is 29.3 Å². The summed E-state index contributed by atoms with van der Waals surface area (Å²) in [6.45, 7) is 1.58. The highest BCUT2D eigenvalue weighted by Crippen LogP contribution is 2.33. The fraction of sp³-hybridized carbons (Fsp3) is 0.318. The van der Waals surface area contributed by atoms with Crippen molar-refractivity contribution in [3.8, 4) is 11.1 Å². The SMILES string of the molecule is C[C@H](C[C@@H](c1ccc(-c2ccccc2)cc1)N(C)C(=O)[C@@H]1O[C@@H]1C(=O)O)C(=O)O. The van der Waals surface area contributed by atoms with Gasteiger partial charge in [0.2, 0.25) is 0 Å². The van der Waals surface area contributed by atoms with Crippen molar-refractivity contribution in [1.82, 2.24) is 4.90 Å². The van der Waals surface area contributed by atoms with Gasteiger partial charge in [-0.25, -0.2) is 4.79 Å². The molecule has 2 aromatic carbocycles. The highest BCUT2D eigenvalue weighted by atomic mass is 16.6. The Balaban J connectivity index is 1.84. The Hall–Kier alpha value is -3.19. The number of hydrogen-bond acceptors (Lipinski definition) is 4. The van der Waals surface area contributed by atoms with Gasteiger partial charge in [-0.15, -0.1) is 0 Å². The summed E-state index contributed by atoms with van der Waals surface area (Å²) in [5.74, 6) is -3.28. The van der Waals surface area contributed by atoms with Crippen molar-refractivity contribution in [3.63, 3.8) is 0 Å². The number of amides is 1. The molecule has 0 radical (unpaired) electrons. The Morgan fingerprint density at radius 3 is 2.07 bits per heavy atom. The average molecular weight is 397 g/mol. The molecule has 1 aliphatic heterocycles.